The first-order chi connectivity index (χ1) is 15.0. The molecule has 2 aromatic carbocycles. The van der Waals surface area contributed by atoms with Gasteiger partial charge in [-0.05, 0) is 31.0 Å². The molecule has 0 aliphatic carbocycles. The molecule has 0 radical (unpaired) electrons. The van der Waals surface area contributed by atoms with Gasteiger partial charge < -0.3 is 10.2 Å². The van der Waals surface area contributed by atoms with Crippen molar-refractivity contribution in [3.63, 3.8) is 0 Å². The fourth-order valence-corrected chi connectivity index (χ4v) is 3.83. The number of rotatable bonds is 5. The van der Waals surface area contributed by atoms with Crippen molar-refractivity contribution in [3.05, 3.63) is 71.4 Å². The Balaban J connectivity index is 1.33. The summed E-state index contributed by atoms with van der Waals surface area (Å²) in [7, 11) is 0. The molecule has 0 atom stereocenters. The Morgan fingerprint density at radius 1 is 1.00 bits per heavy atom. The number of hydrogen-bond acceptors (Lipinski definition) is 4. The summed E-state index contributed by atoms with van der Waals surface area (Å²) < 4.78 is 0. The third-order valence-electron chi connectivity index (χ3n) is 5.84. The third-order valence-corrected chi connectivity index (χ3v) is 5.84. The molecule has 1 fully saturated rings. The molecule has 0 saturated carbocycles. The zero-order valence-corrected chi connectivity index (χ0v) is 17.9. The number of benzene rings is 2. The van der Waals surface area contributed by atoms with Crippen molar-refractivity contribution in [2.45, 2.75) is 13.8 Å². The summed E-state index contributed by atoms with van der Waals surface area (Å²) in [5.74, 6) is -0.0678. The van der Waals surface area contributed by atoms with Crippen molar-refractivity contribution in [1.82, 2.24) is 20.0 Å². The van der Waals surface area contributed by atoms with E-state index in [1.54, 1.807) is 6.20 Å². The van der Waals surface area contributed by atoms with Crippen LogP contribution in [0.15, 0.2) is 54.7 Å². The van der Waals surface area contributed by atoms with Crippen LogP contribution in [0.1, 0.15) is 21.5 Å². The number of H-pyrrole nitrogens is 1. The minimum atomic E-state index is -0.0351. The number of nitrogens with zero attached hydrogens (tertiary/aromatic N) is 3. The molecule has 1 aromatic heterocycles. The van der Waals surface area contributed by atoms with Gasteiger partial charge in [-0.1, -0.05) is 42.5 Å². The van der Waals surface area contributed by atoms with Crippen LogP contribution in [0, 0.1) is 13.8 Å². The minimum Gasteiger partial charge on any atom is -0.336 e. The topological polar surface area (TPSA) is 81.3 Å². The quantitative estimate of drug-likeness (QED) is 0.669. The van der Waals surface area contributed by atoms with E-state index in [2.05, 4.69) is 20.4 Å². The van der Waals surface area contributed by atoms with Gasteiger partial charge in [-0.15, -0.1) is 0 Å². The Labute approximate surface area is 182 Å². The predicted octanol–water partition coefficient (Wildman–Crippen LogP) is 3.09. The lowest BCUT2D eigenvalue weighted by Gasteiger charge is -2.34. The zero-order valence-electron chi connectivity index (χ0n) is 17.9. The Hall–Kier alpha value is -3.45. The summed E-state index contributed by atoms with van der Waals surface area (Å²) in [6.45, 7) is 6.83. The highest BCUT2D eigenvalue weighted by Gasteiger charge is 2.26. The molecule has 1 aliphatic rings. The minimum absolute atomic E-state index is 0.0327. The molecule has 2 N–H and O–H groups in total. The summed E-state index contributed by atoms with van der Waals surface area (Å²) in [6, 6.07) is 15.6. The molecule has 0 unspecified atom stereocenters. The smallest absolute Gasteiger partial charge is 0.257 e. The van der Waals surface area contributed by atoms with Crippen LogP contribution in [0.25, 0.3) is 11.3 Å². The number of carbonyl (C=O) groups is 2. The highest BCUT2D eigenvalue weighted by molar-refractivity contribution is 5.99. The molecule has 7 nitrogen and oxygen atoms in total. The molecular formula is C24H27N5O2. The number of hydrogen-bond donors (Lipinski definition) is 2. The van der Waals surface area contributed by atoms with Crippen molar-refractivity contribution in [2.24, 2.45) is 0 Å². The van der Waals surface area contributed by atoms with Crippen LogP contribution in [0.3, 0.4) is 0 Å². The van der Waals surface area contributed by atoms with Crippen LogP contribution in [-0.2, 0) is 4.79 Å². The van der Waals surface area contributed by atoms with Crippen LogP contribution in [0.2, 0.25) is 0 Å². The first-order valence-electron chi connectivity index (χ1n) is 10.5. The molecule has 0 spiro atoms. The highest BCUT2D eigenvalue weighted by atomic mass is 16.2. The van der Waals surface area contributed by atoms with E-state index < -0.39 is 0 Å². The van der Waals surface area contributed by atoms with Crippen molar-refractivity contribution in [3.8, 4) is 11.3 Å². The summed E-state index contributed by atoms with van der Waals surface area (Å²) in [5.41, 5.74) is 5.34. The van der Waals surface area contributed by atoms with Gasteiger partial charge >= 0.3 is 0 Å². The maximum atomic E-state index is 13.1. The summed E-state index contributed by atoms with van der Waals surface area (Å²) in [5, 5.41) is 10.0. The number of aromatic nitrogens is 2. The van der Waals surface area contributed by atoms with Gasteiger partial charge in [0.1, 0.15) is 0 Å². The van der Waals surface area contributed by atoms with Gasteiger partial charge in [-0.3, -0.25) is 19.6 Å². The second kappa shape index (κ2) is 9.14. The predicted molar refractivity (Wildman–Crippen MR) is 121 cm³/mol. The molecule has 4 rings (SSSR count). The summed E-state index contributed by atoms with van der Waals surface area (Å²) >= 11 is 0. The van der Waals surface area contributed by atoms with Gasteiger partial charge in [0.15, 0.2) is 0 Å². The SMILES string of the molecule is Cc1cccc(NC(=O)CN2CCN(C(=O)c3cn[nH]c3-c3ccccc3)CC2)c1C. The van der Waals surface area contributed by atoms with Crippen LogP contribution in [-0.4, -0.2) is 64.5 Å². The van der Waals surface area contributed by atoms with E-state index in [9.17, 15) is 9.59 Å². The van der Waals surface area contributed by atoms with Gasteiger partial charge in [-0.25, -0.2) is 0 Å². The maximum Gasteiger partial charge on any atom is 0.257 e. The average Bonchev–Trinajstić information content (AvgIpc) is 3.27. The molecule has 1 saturated heterocycles. The monoisotopic (exact) mass is 417 g/mol. The highest BCUT2D eigenvalue weighted by Crippen LogP contribution is 2.22. The standard InChI is InChI=1S/C24H27N5O2/c1-17-7-6-10-21(18(17)2)26-22(30)16-28-11-13-29(14-12-28)24(31)20-15-25-27-23(20)19-8-4-3-5-9-19/h3-10,15H,11-14,16H2,1-2H3,(H,25,27)(H,26,30). The molecule has 160 valence electrons. The van der Waals surface area contributed by atoms with E-state index in [-0.39, 0.29) is 11.8 Å². The Morgan fingerprint density at radius 3 is 2.48 bits per heavy atom. The molecule has 1 aliphatic heterocycles. The van der Waals surface area contributed by atoms with Gasteiger partial charge in [-0.2, -0.15) is 5.10 Å². The molecular weight excluding hydrogens is 390 g/mol. The van der Waals surface area contributed by atoms with E-state index in [0.29, 0.717) is 38.3 Å². The molecule has 2 heterocycles. The molecule has 0 bridgehead atoms. The number of nitrogens with one attached hydrogen (secondary N) is 2. The third kappa shape index (κ3) is 4.67. The van der Waals surface area contributed by atoms with Crippen molar-refractivity contribution >= 4 is 17.5 Å². The van der Waals surface area contributed by atoms with E-state index in [1.807, 2.05) is 67.3 Å². The molecule has 7 heteroatoms. The van der Waals surface area contributed by atoms with E-state index in [4.69, 9.17) is 0 Å². The number of aromatic amines is 1. The van der Waals surface area contributed by atoms with Gasteiger partial charge in [0.2, 0.25) is 5.91 Å². The van der Waals surface area contributed by atoms with Crippen molar-refractivity contribution in [2.75, 3.05) is 38.0 Å². The van der Waals surface area contributed by atoms with Crippen LogP contribution in [0.5, 0.6) is 0 Å². The first kappa shape index (κ1) is 20.8. The first-order valence-corrected chi connectivity index (χ1v) is 10.5. The van der Waals surface area contributed by atoms with Crippen LogP contribution in [0.4, 0.5) is 5.69 Å². The lowest BCUT2D eigenvalue weighted by molar-refractivity contribution is -0.117. The number of anilines is 1. The van der Waals surface area contributed by atoms with Crippen LogP contribution < -0.4 is 5.32 Å². The summed E-state index contributed by atoms with van der Waals surface area (Å²) in [6.07, 6.45) is 1.59. The van der Waals surface area contributed by atoms with Gasteiger partial charge in [0, 0.05) is 37.4 Å². The molecule has 3 aromatic rings. The normalized spacial score (nSPS) is 14.5. The number of piperazine rings is 1. The molecule has 2 amide bonds. The van der Waals surface area contributed by atoms with E-state index >= 15 is 0 Å². The second-order valence-corrected chi connectivity index (χ2v) is 7.89. The van der Waals surface area contributed by atoms with Gasteiger partial charge in [0.25, 0.3) is 5.91 Å². The Bertz CT molecular complexity index is 1070. The second-order valence-electron chi connectivity index (χ2n) is 7.89. The fraction of sp³-hybridized carbons (Fsp3) is 0.292. The fourth-order valence-electron chi connectivity index (χ4n) is 3.83. The Morgan fingerprint density at radius 2 is 1.74 bits per heavy atom. The zero-order chi connectivity index (χ0) is 21.8. The number of amides is 2. The summed E-state index contributed by atoms with van der Waals surface area (Å²) in [4.78, 5) is 29.5. The van der Waals surface area contributed by atoms with E-state index in [0.717, 1.165) is 28.1 Å². The maximum absolute atomic E-state index is 13.1. The van der Waals surface area contributed by atoms with Crippen LogP contribution >= 0.6 is 0 Å². The Kier molecular flexibility index (Phi) is 6.13. The van der Waals surface area contributed by atoms with E-state index in [1.165, 1.54) is 0 Å². The lowest BCUT2D eigenvalue weighted by atomic mass is 10.1. The number of carbonyl (C=O) groups excluding carboxylic acids is 2. The van der Waals surface area contributed by atoms with Crippen molar-refractivity contribution in [1.29, 1.82) is 0 Å². The largest absolute Gasteiger partial charge is 0.336 e. The average molecular weight is 418 g/mol. The molecule has 31 heavy (non-hydrogen) atoms. The number of aryl methyl sites for hydroxylation is 1. The van der Waals surface area contributed by atoms with Crippen molar-refractivity contribution < 1.29 is 9.59 Å². The van der Waals surface area contributed by atoms with Gasteiger partial charge in [0.05, 0.1) is 24.0 Å². The lowest BCUT2D eigenvalue weighted by Crippen LogP contribution is -2.50.